The Morgan fingerprint density at radius 3 is 2.73 bits per heavy atom. The van der Waals surface area contributed by atoms with Crippen LogP contribution in [0.2, 0.25) is 5.02 Å². The highest BCUT2D eigenvalue weighted by molar-refractivity contribution is 6.30. The number of urea groups is 1. The molecule has 1 aromatic rings. The fourth-order valence-corrected chi connectivity index (χ4v) is 3.40. The Morgan fingerprint density at radius 2 is 2.09 bits per heavy atom. The van der Waals surface area contributed by atoms with Gasteiger partial charge in [-0.25, -0.2) is 4.79 Å². The van der Waals surface area contributed by atoms with Crippen LogP contribution in [0.5, 0.6) is 0 Å². The van der Waals surface area contributed by atoms with E-state index < -0.39 is 0 Å². The Balaban J connectivity index is 1.55. The number of amides is 2. The van der Waals surface area contributed by atoms with Gasteiger partial charge in [-0.3, -0.25) is 0 Å². The fourth-order valence-electron chi connectivity index (χ4n) is 3.28. The Labute approximate surface area is 136 Å². The topological polar surface area (TPSA) is 52.6 Å². The molecular weight excluding hydrogens is 300 g/mol. The highest BCUT2D eigenvalue weighted by Crippen LogP contribution is 2.47. The van der Waals surface area contributed by atoms with Gasteiger partial charge in [0.25, 0.3) is 0 Å². The van der Waals surface area contributed by atoms with Crippen LogP contribution < -0.4 is 5.32 Å². The van der Waals surface area contributed by atoms with Gasteiger partial charge < -0.3 is 15.3 Å². The van der Waals surface area contributed by atoms with Crippen LogP contribution in [0, 0.1) is 5.92 Å². The number of aliphatic hydroxyl groups excluding tert-OH is 1. The molecule has 0 bridgehead atoms. The summed E-state index contributed by atoms with van der Waals surface area (Å²) in [4.78, 5) is 14.2. The number of rotatable bonds is 4. The Bertz CT molecular complexity index is 528. The Morgan fingerprint density at radius 1 is 1.36 bits per heavy atom. The normalized spacial score (nSPS) is 23.2. The number of likely N-dealkylation sites (tertiary alicyclic amines) is 1. The molecule has 1 aliphatic heterocycles. The summed E-state index contributed by atoms with van der Waals surface area (Å²) in [7, 11) is 0. The molecule has 1 saturated heterocycles. The van der Waals surface area contributed by atoms with Gasteiger partial charge in [-0.2, -0.15) is 0 Å². The van der Waals surface area contributed by atoms with E-state index in [0.29, 0.717) is 13.1 Å². The Hall–Kier alpha value is -1.26. The lowest BCUT2D eigenvalue weighted by Crippen LogP contribution is -2.47. The van der Waals surface area contributed by atoms with Crippen LogP contribution in [0.15, 0.2) is 24.3 Å². The smallest absolute Gasteiger partial charge is 0.317 e. The van der Waals surface area contributed by atoms with Crippen molar-refractivity contribution in [3.8, 4) is 0 Å². The van der Waals surface area contributed by atoms with Gasteiger partial charge in [-0.15, -0.1) is 0 Å². The van der Waals surface area contributed by atoms with E-state index in [-0.39, 0.29) is 24.0 Å². The third-order valence-corrected chi connectivity index (χ3v) is 5.20. The summed E-state index contributed by atoms with van der Waals surface area (Å²) in [6.45, 7) is 2.29. The largest absolute Gasteiger partial charge is 0.396 e. The van der Waals surface area contributed by atoms with E-state index in [4.69, 9.17) is 11.6 Å². The molecule has 1 atom stereocenters. The molecule has 1 aromatic carbocycles. The second-order valence-corrected chi connectivity index (χ2v) is 7.02. The predicted molar refractivity (Wildman–Crippen MR) is 87.1 cm³/mol. The number of piperidine rings is 1. The van der Waals surface area contributed by atoms with E-state index in [1.807, 2.05) is 17.0 Å². The molecule has 3 rings (SSSR count). The van der Waals surface area contributed by atoms with E-state index in [9.17, 15) is 9.90 Å². The van der Waals surface area contributed by atoms with Gasteiger partial charge in [0.15, 0.2) is 0 Å². The summed E-state index contributed by atoms with van der Waals surface area (Å²) >= 11 is 5.94. The van der Waals surface area contributed by atoms with E-state index >= 15 is 0 Å². The minimum atomic E-state index is -0.00149. The maximum absolute atomic E-state index is 12.3. The highest BCUT2D eigenvalue weighted by atomic mass is 35.5. The van der Waals surface area contributed by atoms with Crippen molar-refractivity contribution in [1.82, 2.24) is 10.2 Å². The third-order valence-electron chi connectivity index (χ3n) is 4.95. The molecule has 0 radical (unpaired) electrons. The number of aliphatic hydroxyl groups is 1. The van der Waals surface area contributed by atoms with Crippen molar-refractivity contribution in [3.63, 3.8) is 0 Å². The maximum Gasteiger partial charge on any atom is 0.317 e. The molecule has 2 aliphatic rings. The molecule has 22 heavy (non-hydrogen) atoms. The number of carbonyl (C=O) groups is 1. The van der Waals surface area contributed by atoms with Gasteiger partial charge in [0, 0.05) is 36.7 Å². The first kappa shape index (κ1) is 15.6. The minimum absolute atomic E-state index is 0.00149. The second-order valence-electron chi connectivity index (χ2n) is 6.58. The number of halogens is 1. The quantitative estimate of drug-likeness (QED) is 0.895. The van der Waals surface area contributed by atoms with Crippen LogP contribution in [0.25, 0.3) is 0 Å². The maximum atomic E-state index is 12.3. The van der Waals surface area contributed by atoms with Gasteiger partial charge in [0.05, 0.1) is 0 Å². The highest BCUT2D eigenvalue weighted by Gasteiger charge is 2.44. The Kier molecular flexibility index (Phi) is 4.59. The average Bonchev–Trinajstić information content (AvgIpc) is 3.34. The molecular formula is C17H23ClN2O2. The van der Waals surface area contributed by atoms with Crippen molar-refractivity contribution in [2.75, 3.05) is 26.2 Å². The number of carbonyl (C=O) groups excluding carboxylic acids is 1. The van der Waals surface area contributed by atoms with Crippen LogP contribution in [-0.2, 0) is 5.41 Å². The number of nitrogens with zero attached hydrogens (tertiary/aromatic N) is 1. The zero-order chi connectivity index (χ0) is 15.6. The molecule has 2 fully saturated rings. The SMILES string of the molecule is O=C(NCC1(c2ccc(Cl)cc2)CC1)N1CCCC(CO)C1. The number of hydrogen-bond donors (Lipinski definition) is 2. The summed E-state index contributed by atoms with van der Waals surface area (Å²) < 4.78 is 0. The molecule has 1 unspecified atom stereocenters. The van der Waals surface area contributed by atoms with Crippen LogP contribution in [-0.4, -0.2) is 42.3 Å². The van der Waals surface area contributed by atoms with Crippen LogP contribution >= 0.6 is 11.6 Å². The first-order chi connectivity index (χ1) is 10.6. The molecule has 1 aliphatic carbocycles. The summed E-state index contributed by atoms with van der Waals surface area (Å²) in [6.07, 6.45) is 4.19. The van der Waals surface area contributed by atoms with Gasteiger partial charge >= 0.3 is 6.03 Å². The molecule has 2 amide bonds. The molecule has 120 valence electrons. The lowest BCUT2D eigenvalue weighted by Gasteiger charge is -2.32. The number of benzene rings is 1. The second kappa shape index (κ2) is 6.47. The molecule has 5 heteroatoms. The van der Waals surface area contributed by atoms with E-state index in [2.05, 4.69) is 17.4 Å². The van der Waals surface area contributed by atoms with Gasteiger partial charge in [-0.1, -0.05) is 23.7 Å². The van der Waals surface area contributed by atoms with Crippen LogP contribution in [0.1, 0.15) is 31.2 Å². The van der Waals surface area contributed by atoms with Crippen molar-refractivity contribution in [2.24, 2.45) is 5.92 Å². The van der Waals surface area contributed by atoms with Crippen molar-refractivity contribution >= 4 is 17.6 Å². The summed E-state index contributed by atoms with van der Waals surface area (Å²) in [6, 6.07) is 7.94. The predicted octanol–water partition coefficient (Wildman–Crippen LogP) is 2.79. The standard InChI is InChI=1S/C17H23ClN2O2/c18-15-5-3-14(4-6-15)17(7-8-17)12-19-16(22)20-9-1-2-13(10-20)11-21/h3-6,13,21H,1-2,7-12H2,(H,19,22). The minimum Gasteiger partial charge on any atom is -0.396 e. The molecule has 1 heterocycles. The van der Waals surface area contributed by atoms with Crippen molar-refractivity contribution < 1.29 is 9.90 Å². The average molecular weight is 323 g/mol. The van der Waals surface area contributed by atoms with Gasteiger partial charge in [0.2, 0.25) is 0 Å². The lowest BCUT2D eigenvalue weighted by molar-refractivity contribution is 0.129. The summed E-state index contributed by atoms with van der Waals surface area (Å²) in [5.41, 5.74) is 1.34. The van der Waals surface area contributed by atoms with E-state index in [1.165, 1.54) is 5.56 Å². The zero-order valence-electron chi connectivity index (χ0n) is 12.7. The first-order valence-corrected chi connectivity index (χ1v) is 8.40. The van der Waals surface area contributed by atoms with E-state index in [0.717, 1.165) is 37.3 Å². The monoisotopic (exact) mass is 322 g/mol. The van der Waals surface area contributed by atoms with E-state index in [1.54, 1.807) is 0 Å². The zero-order valence-corrected chi connectivity index (χ0v) is 13.5. The molecule has 1 saturated carbocycles. The molecule has 4 nitrogen and oxygen atoms in total. The first-order valence-electron chi connectivity index (χ1n) is 8.03. The summed E-state index contributed by atoms with van der Waals surface area (Å²) in [5, 5.41) is 13.1. The third kappa shape index (κ3) is 3.39. The summed E-state index contributed by atoms with van der Waals surface area (Å²) in [5.74, 6) is 0.227. The van der Waals surface area contributed by atoms with Crippen LogP contribution in [0.4, 0.5) is 4.79 Å². The van der Waals surface area contributed by atoms with Crippen molar-refractivity contribution in [1.29, 1.82) is 0 Å². The molecule has 2 N–H and O–H groups in total. The van der Waals surface area contributed by atoms with Crippen molar-refractivity contribution in [2.45, 2.75) is 31.1 Å². The van der Waals surface area contributed by atoms with Crippen molar-refractivity contribution in [3.05, 3.63) is 34.9 Å². The number of nitrogens with one attached hydrogen (secondary N) is 1. The van der Waals surface area contributed by atoms with Gasteiger partial charge in [0.1, 0.15) is 0 Å². The lowest BCUT2D eigenvalue weighted by atomic mass is 9.96. The van der Waals surface area contributed by atoms with Crippen LogP contribution in [0.3, 0.4) is 0 Å². The van der Waals surface area contributed by atoms with Gasteiger partial charge in [-0.05, 0) is 49.3 Å². The fraction of sp³-hybridized carbons (Fsp3) is 0.588. The molecule has 0 spiro atoms. The molecule has 0 aromatic heterocycles. The number of hydrogen-bond acceptors (Lipinski definition) is 2.